The normalized spacial score (nSPS) is 14.4. The van der Waals surface area contributed by atoms with E-state index in [1.165, 1.54) is 31.2 Å². The summed E-state index contributed by atoms with van der Waals surface area (Å²) in [7, 11) is 2.13. The predicted molar refractivity (Wildman–Crippen MR) is 144 cm³/mol. The van der Waals surface area contributed by atoms with E-state index in [9.17, 15) is 14.0 Å². The summed E-state index contributed by atoms with van der Waals surface area (Å²) in [6.45, 7) is 3.62. The van der Waals surface area contributed by atoms with Crippen LogP contribution in [0.3, 0.4) is 0 Å². The quantitative estimate of drug-likeness (QED) is 0.197. The number of allylic oxidation sites excluding steroid dienone is 1. The van der Waals surface area contributed by atoms with Gasteiger partial charge in [0.25, 0.3) is 0 Å². The lowest BCUT2D eigenvalue weighted by Crippen LogP contribution is -2.35. The molecule has 1 saturated heterocycles. The van der Waals surface area contributed by atoms with E-state index in [0.717, 1.165) is 48.6 Å². The highest BCUT2D eigenvalue weighted by atomic mass is 19.1. The van der Waals surface area contributed by atoms with Gasteiger partial charge in [-0.1, -0.05) is 36.4 Å². The molecule has 3 aromatic carbocycles. The Hall–Kier alpha value is -3.97. The molecule has 3 aromatic rings. The van der Waals surface area contributed by atoms with Crippen molar-refractivity contribution in [3.8, 4) is 17.2 Å². The molecule has 6 nitrogen and oxygen atoms in total. The van der Waals surface area contributed by atoms with Crippen LogP contribution in [0.25, 0.3) is 6.08 Å². The summed E-state index contributed by atoms with van der Waals surface area (Å²) >= 11 is 0. The van der Waals surface area contributed by atoms with Crippen LogP contribution in [0.2, 0.25) is 0 Å². The molecule has 0 aliphatic carbocycles. The first-order chi connectivity index (χ1) is 18.4. The third-order valence-corrected chi connectivity index (χ3v) is 6.34. The van der Waals surface area contributed by atoms with E-state index >= 15 is 0 Å². The lowest BCUT2D eigenvalue weighted by Gasteiger charge is -2.29. The van der Waals surface area contributed by atoms with E-state index in [2.05, 4.69) is 11.9 Å². The lowest BCUT2D eigenvalue weighted by molar-refractivity contribution is -0.132. The molecule has 0 bridgehead atoms. The van der Waals surface area contributed by atoms with Gasteiger partial charge in [0, 0.05) is 26.4 Å². The van der Waals surface area contributed by atoms with E-state index < -0.39 is 11.8 Å². The van der Waals surface area contributed by atoms with Gasteiger partial charge in [-0.25, -0.2) is 4.39 Å². The number of piperidine rings is 1. The topological polar surface area (TPSA) is 65.1 Å². The summed E-state index contributed by atoms with van der Waals surface area (Å²) in [5.74, 6) is 0.0172. The number of hydrogen-bond donors (Lipinski definition) is 0. The first-order valence-corrected chi connectivity index (χ1v) is 12.7. The fourth-order valence-corrected chi connectivity index (χ4v) is 4.23. The van der Waals surface area contributed by atoms with Crippen molar-refractivity contribution in [2.24, 2.45) is 0 Å². The average molecular weight is 518 g/mol. The Balaban J connectivity index is 1.32. The van der Waals surface area contributed by atoms with Crippen LogP contribution in [0.1, 0.15) is 36.5 Å². The minimum Gasteiger partial charge on any atom is -0.490 e. The number of halogens is 1. The van der Waals surface area contributed by atoms with Crippen molar-refractivity contribution in [3.05, 3.63) is 95.3 Å². The van der Waals surface area contributed by atoms with Crippen LogP contribution in [0.5, 0.6) is 17.2 Å². The first kappa shape index (κ1) is 27.1. The van der Waals surface area contributed by atoms with Crippen molar-refractivity contribution in [2.75, 3.05) is 20.1 Å². The standard InChI is InChI=1S/C31H32FNO5/c1-22(34)37-31-19-23(8-14-30(31)32)7-9-26(35)20-24-5-3-4-6-25(24)21-36-27-10-12-28(13-11-27)38-29-15-17-33(2)18-16-29/h3-14,19,29H,15-18,20-21H2,1-2H3/b9-7+. The molecule has 198 valence electrons. The van der Waals surface area contributed by atoms with Crippen LogP contribution in [0.15, 0.2) is 72.8 Å². The number of ether oxygens (including phenoxy) is 3. The molecule has 38 heavy (non-hydrogen) atoms. The zero-order valence-electron chi connectivity index (χ0n) is 21.7. The van der Waals surface area contributed by atoms with Crippen LogP contribution in [0, 0.1) is 5.82 Å². The van der Waals surface area contributed by atoms with E-state index in [1.54, 1.807) is 6.08 Å². The lowest BCUT2D eigenvalue weighted by atomic mass is 10.0. The van der Waals surface area contributed by atoms with Crippen LogP contribution in [0.4, 0.5) is 4.39 Å². The average Bonchev–Trinajstić information content (AvgIpc) is 2.90. The van der Waals surface area contributed by atoms with Gasteiger partial charge < -0.3 is 19.1 Å². The van der Waals surface area contributed by atoms with Crippen molar-refractivity contribution >= 4 is 17.8 Å². The van der Waals surface area contributed by atoms with Crippen LogP contribution < -0.4 is 14.2 Å². The van der Waals surface area contributed by atoms with E-state index in [0.29, 0.717) is 12.2 Å². The summed E-state index contributed by atoms with van der Waals surface area (Å²) in [4.78, 5) is 26.1. The van der Waals surface area contributed by atoms with Crippen molar-refractivity contribution in [2.45, 2.75) is 38.9 Å². The molecule has 0 amide bonds. The summed E-state index contributed by atoms with van der Waals surface area (Å²) in [5.41, 5.74) is 2.33. The molecule has 1 aliphatic heterocycles. The van der Waals surface area contributed by atoms with Crippen molar-refractivity contribution < 1.29 is 28.2 Å². The third-order valence-electron chi connectivity index (χ3n) is 6.34. The van der Waals surface area contributed by atoms with Crippen LogP contribution in [-0.4, -0.2) is 42.9 Å². The SMILES string of the molecule is CC(=O)Oc1cc(/C=C/C(=O)Cc2ccccc2COc2ccc(OC3CCN(C)CC3)cc2)ccc1F. The van der Waals surface area contributed by atoms with Gasteiger partial charge in [-0.2, -0.15) is 0 Å². The van der Waals surface area contributed by atoms with Gasteiger partial charge in [0.15, 0.2) is 17.3 Å². The Kier molecular flexibility index (Phi) is 9.27. The maximum absolute atomic E-state index is 13.8. The minimum absolute atomic E-state index is 0.119. The maximum atomic E-state index is 13.8. The Morgan fingerprint density at radius 3 is 2.37 bits per heavy atom. The molecule has 0 spiro atoms. The number of hydrogen-bond acceptors (Lipinski definition) is 6. The maximum Gasteiger partial charge on any atom is 0.308 e. The Morgan fingerprint density at radius 2 is 1.66 bits per heavy atom. The van der Waals surface area contributed by atoms with Gasteiger partial charge >= 0.3 is 5.97 Å². The predicted octanol–water partition coefficient (Wildman–Crippen LogP) is 5.63. The highest BCUT2D eigenvalue weighted by molar-refractivity contribution is 5.95. The Morgan fingerprint density at radius 1 is 0.974 bits per heavy atom. The number of carbonyl (C=O) groups is 2. The molecule has 0 unspecified atom stereocenters. The van der Waals surface area contributed by atoms with Crippen LogP contribution >= 0.6 is 0 Å². The molecular weight excluding hydrogens is 485 g/mol. The van der Waals surface area contributed by atoms with Gasteiger partial charge in [0.05, 0.1) is 0 Å². The van der Waals surface area contributed by atoms with E-state index in [1.807, 2.05) is 48.5 Å². The highest BCUT2D eigenvalue weighted by Crippen LogP contribution is 2.23. The fourth-order valence-electron chi connectivity index (χ4n) is 4.23. The van der Waals surface area contributed by atoms with Gasteiger partial charge in [0.2, 0.25) is 0 Å². The van der Waals surface area contributed by atoms with E-state index in [-0.39, 0.29) is 24.1 Å². The number of carbonyl (C=O) groups excluding carboxylic acids is 2. The molecule has 7 heteroatoms. The zero-order valence-corrected chi connectivity index (χ0v) is 21.7. The van der Waals surface area contributed by atoms with Crippen molar-refractivity contribution in [1.29, 1.82) is 0 Å². The zero-order chi connectivity index (χ0) is 26.9. The van der Waals surface area contributed by atoms with Crippen molar-refractivity contribution in [3.63, 3.8) is 0 Å². The molecule has 0 radical (unpaired) electrons. The molecule has 0 atom stereocenters. The molecular formula is C31H32FNO5. The summed E-state index contributed by atoms with van der Waals surface area (Å²) in [6, 6.07) is 19.4. The Labute approximate surface area is 222 Å². The number of likely N-dealkylation sites (tertiary alicyclic amines) is 1. The number of nitrogens with zero attached hydrogens (tertiary/aromatic N) is 1. The van der Waals surface area contributed by atoms with Gasteiger partial charge in [-0.05, 0) is 79.1 Å². The molecule has 1 fully saturated rings. The second-order valence-corrected chi connectivity index (χ2v) is 9.41. The number of ketones is 1. The smallest absolute Gasteiger partial charge is 0.308 e. The summed E-state index contributed by atoms with van der Waals surface area (Å²) < 4.78 is 30.7. The summed E-state index contributed by atoms with van der Waals surface area (Å²) in [6.07, 6.45) is 5.50. The molecule has 4 rings (SSSR count). The minimum atomic E-state index is -0.642. The molecule has 1 aliphatic rings. The van der Waals surface area contributed by atoms with Gasteiger partial charge in [-0.15, -0.1) is 0 Å². The van der Waals surface area contributed by atoms with Crippen LogP contribution in [-0.2, 0) is 22.6 Å². The third kappa shape index (κ3) is 8.02. The van der Waals surface area contributed by atoms with Crippen molar-refractivity contribution in [1.82, 2.24) is 4.90 Å². The second kappa shape index (κ2) is 13.0. The largest absolute Gasteiger partial charge is 0.490 e. The number of benzene rings is 3. The molecule has 0 saturated carbocycles. The Bertz CT molecular complexity index is 1280. The van der Waals surface area contributed by atoms with E-state index in [4.69, 9.17) is 14.2 Å². The summed E-state index contributed by atoms with van der Waals surface area (Å²) in [5, 5.41) is 0. The number of rotatable bonds is 10. The highest BCUT2D eigenvalue weighted by Gasteiger charge is 2.18. The van der Waals surface area contributed by atoms with Gasteiger partial charge in [0.1, 0.15) is 24.2 Å². The molecule has 1 heterocycles. The monoisotopic (exact) mass is 517 g/mol. The second-order valence-electron chi connectivity index (χ2n) is 9.41. The number of esters is 1. The van der Waals surface area contributed by atoms with Gasteiger partial charge in [-0.3, -0.25) is 9.59 Å². The first-order valence-electron chi connectivity index (χ1n) is 12.7. The molecule has 0 N–H and O–H groups in total. The molecule has 0 aromatic heterocycles. The fraction of sp³-hybridized carbons (Fsp3) is 0.290.